The van der Waals surface area contributed by atoms with Crippen molar-refractivity contribution < 1.29 is 32.8 Å². The molecule has 0 aliphatic carbocycles. The van der Waals surface area contributed by atoms with Crippen molar-refractivity contribution in [3.8, 4) is 5.75 Å². The first-order valence-electron chi connectivity index (χ1n) is 7.53. The number of ether oxygens (including phenoxy) is 1. The third-order valence-corrected chi connectivity index (χ3v) is 4.09. The van der Waals surface area contributed by atoms with Crippen LogP contribution in [0.2, 0.25) is 10.0 Å². The molecule has 0 aliphatic rings. The van der Waals surface area contributed by atoms with E-state index in [1.807, 2.05) is 0 Å². The SMILES string of the molecule is C[C@@]([NH3+])(Cc1ccc(OC(F)(F)F)cc1)C(=O)Nc1cc(Cl)c(F)c(Cl)c1. The standard InChI is InChI=1S/C17H14Cl2F4N2O2/c1-16(24,8-9-2-4-11(5-3-9)27-17(21,22)23)15(26)25-10-6-12(18)14(20)13(19)7-10/h2-7H,8,24H2,1H3,(H,25,26)/p+1/t16-/m1/s1. The smallest absolute Gasteiger partial charge is 0.406 e. The summed E-state index contributed by atoms with van der Waals surface area (Å²) in [4.78, 5) is 12.5. The maximum absolute atomic E-state index is 13.4. The molecule has 0 fully saturated rings. The van der Waals surface area contributed by atoms with Crippen LogP contribution in [-0.2, 0) is 11.2 Å². The van der Waals surface area contributed by atoms with Crippen molar-refractivity contribution in [1.29, 1.82) is 0 Å². The molecule has 0 spiro atoms. The third-order valence-electron chi connectivity index (χ3n) is 3.54. The molecule has 4 N–H and O–H groups in total. The van der Waals surface area contributed by atoms with E-state index >= 15 is 0 Å². The van der Waals surface area contributed by atoms with Gasteiger partial charge in [-0.15, -0.1) is 13.2 Å². The monoisotopic (exact) mass is 425 g/mol. The molecular weight excluding hydrogens is 411 g/mol. The Morgan fingerprint density at radius 2 is 1.67 bits per heavy atom. The number of quaternary nitrogens is 1. The molecule has 0 radical (unpaired) electrons. The second-order valence-corrected chi connectivity index (χ2v) is 6.95. The summed E-state index contributed by atoms with van der Waals surface area (Å²) >= 11 is 11.4. The number of hydrogen-bond acceptors (Lipinski definition) is 2. The van der Waals surface area contributed by atoms with E-state index in [0.717, 1.165) is 12.1 Å². The van der Waals surface area contributed by atoms with Gasteiger partial charge in [-0.25, -0.2) is 4.39 Å². The van der Waals surface area contributed by atoms with Gasteiger partial charge in [-0.3, -0.25) is 4.79 Å². The van der Waals surface area contributed by atoms with E-state index in [-0.39, 0.29) is 27.9 Å². The summed E-state index contributed by atoms with van der Waals surface area (Å²) in [5.74, 6) is -1.66. The van der Waals surface area contributed by atoms with Gasteiger partial charge in [0.05, 0.1) is 10.0 Å². The van der Waals surface area contributed by atoms with Crippen LogP contribution in [-0.4, -0.2) is 17.8 Å². The van der Waals surface area contributed by atoms with Gasteiger partial charge in [-0.1, -0.05) is 35.3 Å². The topological polar surface area (TPSA) is 66.0 Å². The van der Waals surface area contributed by atoms with Crippen molar-refractivity contribution >= 4 is 34.8 Å². The molecule has 1 amide bonds. The Bertz CT molecular complexity index is 817. The zero-order chi connectivity index (χ0) is 20.4. The summed E-state index contributed by atoms with van der Waals surface area (Å²) in [6.45, 7) is 1.55. The molecule has 0 heterocycles. The summed E-state index contributed by atoms with van der Waals surface area (Å²) in [5.41, 5.74) is 3.45. The molecule has 2 aromatic rings. The summed E-state index contributed by atoms with van der Waals surface area (Å²) in [5, 5.41) is 2.05. The van der Waals surface area contributed by atoms with Crippen molar-refractivity contribution in [3.63, 3.8) is 0 Å². The highest BCUT2D eigenvalue weighted by molar-refractivity contribution is 6.35. The number of amides is 1. The number of carbonyl (C=O) groups excluding carboxylic acids is 1. The second kappa shape index (κ2) is 7.92. The van der Waals surface area contributed by atoms with Gasteiger partial charge in [0, 0.05) is 19.0 Å². The molecule has 2 aromatic carbocycles. The third kappa shape index (κ3) is 5.98. The molecule has 2 rings (SSSR count). The average molecular weight is 426 g/mol. The predicted octanol–water partition coefficient (Wildman–Crippen LogP) is 4.21. The molecule has 0 aromatic heterocycles. The van der Waals surface area contributed by atoms with E-state index in [1.54, 1.807) is 6.92 Å². The van der Waals surface area contributed by atoms with Gasteiger partial charge in [0.1, 0.15) is 5.75 Å². The van der Waals surface area contributed by atoms with E-state index in [2.05, 4.69) is 15.8 Å². The lowest BCUT2D eigenvalue weighted by molar-refractivity contribution is -0.450. The predicted molar refractivity (Wildman–Crippen MR) is 93.2 cm³/mol. The van der Waals surface area contributed by atoms with Crippen molar-refractivity contribution in [1.82, 2.24) is 0 Å². The largest absolute Gasteiger partial charge is 0.573 e. The Balaban J connectivity index is 2.08. The van der Waals surface area contributed by atoms with Gasteiger partial charge in [0.2, 0.25) is 0 Å². The van der Waals surface area contributed by atoms with E-state index in [4.69, 9.17) is 23.2 Å². The molecule has 146 valence electrons. The summed E-state index contributed by atoms with van der Waals surface area (Å²) in [7, 11) is 0. The van der Waals surface area contributed by atoms with Crippen molar-refractivity contribution in [3.05, 3.63) is 57.8 Å². The van der Waals surface area contributed by atoms with E-state index in [9.17, 15) is 22.4 Å². The van der Waals surface area contributed by atoms with Gasteiger partial charge < -0.3 is 15.8 Å². The van der Waals surface area contributed by atoms with Crippen LogP contribution < -0.4 is 15.8 Å². The minimum absolute atomic E-state index is 0.133. The van der Waals surface area contributed by atoms with Gasteiger partial charge in [-0.2, -0.15) is 0 Å². The van der Waals surface area contributed by atoms with Crippen LogP contribution in [0.5, 0.6) is 5.75 Å². The molecule has 4 nitrogen and oxygen atoms in total. The number of benzene rings is 2. The second-order valence-electron chi connectivity index (χ2n) is 6.14. The highest BCUT2D eigenvalue weighted by Gasteiger charge is 2.34. The fourth-order valence-electron chi connectivity index (χ4n) is 2.25. The van der Waals surface area contributed by atoms with E-state index < -0.39 is 23.6 Å². The van der Waals surface area contributed by atoms with Crippen LogP contribution in [0.4, 0.5) is 23.2 Å². The number of anilines is 1. The molecule has 0 saturated carbocycles. The Morgan fingerprint density at radius 1 is 1.15 bits per heavy atom. The van der Waals surface area contributed by atoms with Crippen LogP contribution in [0.3, 0.4) is 0 Å². The first-order valence-corrected chi connectivity index (χ1v) is 8.29. The number of hydrogen-bond donors (Lipinski definition) is 2. The quantitative estimate of drug-likeness (QED) is 0.556. The van der Waals surface area contributed by atoms with Crippen LogP contribution in [0, 0.1) is 5.82 Å². The highest BCUT2D eigenvalue weighted by Crippen LogP contribution is 2.28. The lowest BCUT2D eigenvalue weighted by Gasteiger charge is -2.21. The minimum Gasteiger partial charge on any atom is -0.406 e. The lowest BCUT2D eigenvalue weighted by Crippen LogP contribution is -2.77. The normalized spacial score (nSPS) is 13.8. The average Bonchev–Trinajstić information content (AvgIpc) is 2.52. The molecular formula is C17H15Cl2F4N2O2+. The fourth-order valence-corrected chi connectivity index (χ4v) is 2.74. The van der Waals surface area contributed by atoms with Crippen LogP contribution in [0.1, 0.15) is 12.5 Å². The van der Waals surface area contributed by atoms with Crippen molar-refractivity contribution in [2.45, 2.75) is 25.2 Å². The van der Waals surface area contributed by atoms with Gasteiger partial charge >= 0.3 is 6.36 Å². The molecule has 0 saturated heterocycles. The molecule has 0 bridgehead atoms. The van der Waals surface area contributed by atoms with E-state index in [0.29, 0.717) is 5.56 Å². The van der Waals surface area contributed by atoms with Crippen molar-refractivity contribution in [2.24, 2.45) is 0 Å². The number of nitrogens with one attached hydrogen (secondary N) is 1. The summed E-state index contributed by atoms with van der Waals surface area (Å²) in [6, 6.07) is 7.53. The molecule has 10 heteroatoms. The zero-order valence-corrected chi connectivity index (χ0v) is 15.5. The maximum atomic E-state index is 13.4. The molecule has 1 atom stereocenters. The van der Waals surface area contributed by atoms with Crippen molar-refractivity contribution in [2.75, 3.05) is 5.32 Å². The highest BCUT2D eigenvalue weighted by atomic mass is 35.5. The number of alkyl halides is 3. The van der Waals surface area contributed by atoms with Crippen LogP contribution >= 0.6 is 23.2 Å². The van der Waals surface area contributed by atoms with Gasteiger partial charge in [0.15, 0.2) is 11.4 Å². The molecule has 0 unspecified atom stereocenters. The first-order chi connectivity index (χ1) is 12.4. The molecule has 0 aliphatic heterocycles. The first kappa shape index (κ1) is 21.3. The Hall–Kier alpha value is -2.03. The number of rotatable bonds is 5. The Kier molecular flexibility index (Phi) is 6.24. The summed E-state index contributed by atoms with van der Waals surface area (Å²) < 4.78 is 53.8. The van der Waals surface area contributed by atoms with Crippen LogP contribution in [0.15, 0.2) is 36.4 Å². The Labute approximate surface area is 162 Å². The minimum atomic E-state index is -4.78. The lowest BCUT2D eigenvalue weighted by atomic mass is 9.93. The molecule has 27 heavy (non-hydrogen) atoms. The van der Waals surface area contributed by atoms with Crippen LogP contribution in [0.25, 0.3) is 0 Å². The van der Waals surface area contributed by atoms with E-state index in [1.165, 1.54) is 24.3 Å². The fraction of sp³-hybridized carbons (Fsp3) is 0.235. The Morgan fingerprint density at radius 3 is 2.15 bits per heavy atom. The number of halogens is 6. The van der Waals surface area contributed by atoms with Gasteiger partial charge in [0.25, 0.3) is 5.91 Å². The maximum Gasteiger partial charge on any atom is 0.573 e. The number of carbonyl (C=O) groups is 1. The van der Waals surface area contributed by atoms with Gasteiger partial charge in [-0.05, 0) is 29.8 Å². The zero-order valence-electron chi connectivity index (χ0n) is 14.0. The summed E-state index contributed by atoms with van der Waals surface area (Å²) in [6.07, 6.45) is -4.65.